The van der Waals surface area contributed by atoms with E-state index in [0.29, 0.717) is 29.0 Å². The number of alkyl halides is 3. The van der Waals surface area contributed by atoms with Crippen LogP contribution in [0.25, 0.3) is 10.9 Å². The molecule has 0 fully saturated rings. The summed E-state index contributed by atoms with van der Waals surface area (Å²) in [7, 11) is 0. The number of carboxylic acid groups (broad SMARTS) is 1. The molecule has 11 heteroatoms. The summed E-state index contributed by atoms with van der Waals surface area (Å²) in [5.41, 5.74) is -0.244. The molecule has 3 rings (SSSR count). The zero-order valence-electron chi connectivity index (χ0n) is 13.2. The van der Waals surface area contributed by atoms with Gasteiger partial charge in [0.25, 0.3) is 0 Å². The van der Waals surface area contributed by atoms with Gasteiger partial charge in [-0.05, 0) is 24.6 Å². The van der Waals surface area contributed by atoms with Crippen LogP contribution in [0.1, 0.15) is 12.0 Å². The molecule has 1 amide bonds. The normalized spacial score (nSPS) is 11.7. The molecule has 0 aliphatic carbocycles. The second kappa shape index (κ2) is 7.20. The molecule has 0 aliphatic rings. The Hall–Kier alpha value is -2.82. The first-order valence-electron chi connectivity index (χ1n) is 7.55. The lowest BCUT2D eigenvalue weighted by Gasteiger charge is -2.07. The van der Waals surface area contributed by atoms with Crippen LogP contribution >= 0.6 is 11.3 Å². The fourth-order valence-electron chi connectivity index (χ4n) is 2.43. The number of hydrogen-bond acceptors (Lipinski definition) is 5. The number of nitrogens with zero attached hydrogens (tertiary/aromatic N) is 3. The van der Waals surface area contributed by atoms with Gasteiger partial charge in [-0.25, -0.2) is 9.78 Å². The van der Waals surface area contributed by atoms with E-state index in [-0.39, 0.29) is 12.4 Å². The van der Waals surface area contributed by atoms with Gasteiger partial charge in [-0.3, -0.25) is 4.68 Å². The van der Waals surface area contributed by atoms with E-state index in [1.807, 2.05) is 0 Å². The second-order valence-corrected chi connectivity index (χ2v) is 6.24. The smallest absolute Gasteiger partial charge is 0.416 e. The van der Waals surface area contributed by atoms with Gasteiger partial charge in [-0.15, -0.1) is 11.3 Å². The number of nitrogens with one attached hydrogen (secondary N) is 2. The Bertz CT molecular complexity index is 908. The first kappa shape index (κ1) is 18.0. The third-order valence-corrected chi connectivity index (χ3v) is 4.25. The number of rotatable bonds is 6. The lowest BCUT2D eigenvalue weighted by Crippen LogP contribution is -2.23. The molecule has 0 aliphatic heterocycles. The molecule has 26 heavy (non-hydrogen) atoms. The van der Waals surface area contributed by atoms with E-state index in [9.17, 15) is 18.0 Å². The van der Waals surface area contributed by atoms with Crippen LogP contribution in [0.3, 0.4) is 0 Å². The lowest BCUT2D eigenvalue weighted by atomic mass is 10.1. The molecule has 0 unspecified atom stereocenters. The van der Waals surface area contributed by atoms with Gasteiger partial charge in [-0.1, -0.05) is 0 Å². The first-order valence-corrected chi connectivity index (χ1v) is 8.43. The minimum absolute atomic E-state index is 0.215. The van der Waals surface area contributed by atoms with Crippen LogP contribution in [-0.4, -0.2) is 32.5 Å². The van der Waals surface area contributed by atoms with Crippen LogP contribution in [-0.2, 0) is 12.7 Å². The van der Waals surface area contributed by atoms with Crippen molar-refractivity contribution in [1.82, 2.24) is 20.1 Å². The summed E-state index contributed by atoms with van der Waals surface area (Å²) in [5, 5.41) is 20.7. The van der Waals surface area contributed by atoms with E-state index in [0.717, 1.165) is 12.1 Å². The number of carbonyl (C=O) groups is 1. The monoisotopic (exact) mass is 385 g/mol. The van der Waals surface area contributed by atoms with Gasteiger partial charge in [0, 0.05) is 30.1 Å². The number of thiazole rings is 1. The van der Waals surface area contributed by atoms with Crippen molar-refractivity contribution in [1.29, 1.82) is 0 Å². The minimum atomic E-state index is -4.46. The van der Waals surface area contributed by atoms with E-state index in [1.54, 1.807) is 16.3 Å². The Kier molecular flexibility index (Phi) is 4.98. The van der Waals surface area contributed by atoms with Gasteiger partial charge >= 0.3 is 12.3 Å². The lowest BCUT2D eigenvalue weighted by molar-refractivity contribution is -0.137. The van der Waals surface area contributed by atoms with Gasteiger partial charge in [0.1, 0.15) is 0 Å². The van der Waals surface area contributed by atoms with Gasteiger partial charge < -0.3 is 15.7 Å². The fourth-order valence-corrected chi connectivity index (χ4v) is 2.96. The summed E-state index contributed by atoms with van der Waals surface area (Å²) in [6.07, 6.45) is -3.57. The Balaban J connectivity index is 1.93. The highest BCUT2D eigenvalue weighted by atomic mass is 32.1. The molecule has 0 saturated heterocycles. The Morgan fingerprint density at radius 3 is 2.81 bits per heavy atom. The zero-order valence-corrected chi connectivity index (χ0v) is 14.1. The minimum Gasteiger partial charge on any atom is -0.465 e. The highest BCUT2D eigenvalue weighted by molar-refractivity contribution is 7.13. The van der Waals surface area contributed by atoms with Crippen molar-refractivity contribution in [2.24, 2.45) is 0 Å². The molecular formula is C15H14F3N5O2S. The second-order valence-electron chi connectivity index (χ2n) is 5.35. The predicted octanol–water partition coefficient (Wildman–Crippen LogP) is 3.91. The molecule has 7 nitrogen and oxygen atoms in total. The third-order valence-electron chi connectivity index (χ3n) is 3.56. The predicted molar refractivity (Wildman–Crippen MR) is 90.8 cm³/mol. The van der Waals surface area contributed by atoms with Crippen molar-refractivity contribution in [3.05, 3.63) is 35.3 Å². The van der Waals surface area contributed by atoms with Crippen LogP contribution in [0.2, 0.25) is 0 Å². The maximum absolute atomic E-state index is 13.0. The van der Waals surface area contributed by atoms with Crippen molar-refractivity contribution < 1.29 is 23.1 Å². The van der Waals surface area contributed by atoms with Gasteiger partial charge in [0.05, 0.1) is 11.1 Å². The van der Waals surface area contributed by atoms with E-state index in [1.165, 1.54) is 17.4 Å². The number of anilines is 2. The SMILES string of the molecule is O=C(O)NCCCn1nc(Nc2nccs2)c2cc(C(F)(F)F)ccc21. The molecule has 2 aromatic heterocycles. The van der Waals surface area contributed by atoms with Crippen molar-refractivity contribution >= 4 is 39.3 Å². The van der Waals surface area contributed by atoms with Gasteiger partial charge in [0.2, 0.25) is 0 Å². The quantitative estimate of drug-likeness (QED) is 0.560. The Morgan fingerprint density at radius 2 is 2.15 bits per heavy atom. The number of halogens is 3. The topological polar surface area (TPSA) is 92.1 Å². The van der Waals surface area contributed by atoms with Crippen LogP contribution in [0.15, 0.2) is 29.8 Å². The fraction of sp³-hybridized carbons (Fsp3) is 0.267. The van der Waals surface area contributed by atoms with Crippen LogP contribution < -0.4 is 10.6 Å². The maximum atomic E-state index is 13.0. The third kappa shape index (κ3) is 4.04. The van der Waals surface area contributed by atoms with Gasteiger partial charge in [-0.2, -0.15) is 18.3 Å². The highest BCUT2D eigenvalue weighted by Gasteiger charge is 2.31. The number of fused-ring (bicyclic) bond motifs is 1. The number of benzene rings is 1. The Labute approximate surface area is 149 Å². The standard InChI is InChI=1S/C15H14F3N5O2S/c16-15(17,18)9-2-3-11-10(8-9)12(21-13-19-5-7-26-13)22-23(11)6-1-4-20-14(24)25/h2-3,5,7-8,20H,1,4,6H2,(H,24,25)(H,19,21,22). The van der Waals surface area contributed by atoms with E-state index >= 15 is 0 Å². The average molecular weight is 385 g/mol. The summed E-state index contributed by atoms with van der Waals surface area (Å²) in [5.74, 6) is 0.271. The molecule has 3 N–H and O–H groups in total. The summed E-state index contributed by atoms with van der Waals surface area (Å²) in [6, 6.07) is 3.41. The van der Waals surface area contributed by atoms with Crippen molar-refractivity contribution in [3.8, 4) is 0 Å². The van der Waals surface area contributed by atoms with E-state index in [2.05, 4.69) is 20.7 Å². The van der Waals surface area contributed by atoms with E-state index in [4.69, 9.17) is 5.11 Å². The van der Waals surface area contributed by atoms with E-state index < -0.39 is 17.8 Å². The summed E-state index contributed by atoms with van der Waals surface area (Å²) in [6.45, 7) is 0.564. The van der Waals surface area contributed by atoms with Crippen molar-refractivity contribution in [2.75, 3.05) is 11.9 Å². The molecule has 0 radical (unpaired) electrons. The Morgan fingerprint density at radius 1 is 1.35 bits per heavy atom. The van der Waals surface area contributed by atoms with Crippen LogP contribution in [0.5, 0.6) is 0 Å². The number of amides is 1. The summed E-state index contributed by atoms with van der Waals surface area (Å²) in [4.78, 5) is 14.5. The largest absolute Gasteiger partial charge is 0.465 e. The first-order chi connectivity index (χ1) is 12.3. The molecule has 1 aromatic carbocycles. The van der Waals surface area contributed by atoms with Gasteiger partial charge in [0.15, 0.2) is 10.9 Å². The highest BCUT2D eigenvalue weighted by Crippen LogP contribution is 2.34. The van der Waals surface area contributed by atoms with Crippen molar-refractivity contribution in [2.45, 2.75) is 19.1 Å². The number of hydrogen-bond donors (Lipinski definition) is 3. The molecule has 3 aromatic rings. The molecule has 0 saturated carbocycles. The molecule has 0 atom stereocenters. The van der Waals surface area contributed by atoms with Crippen LogP contribution in [0.4, 0.5) is 28.9 Å². The summed E-state index contributed by atoms with van der Waals surface area (Å²) >= 11 is 1.30. The van der Waals surface area contributed by atoms with Crippen LogP contribution in [0, 0.1) is 0 Å². The molecule has 0 spiro atoms. The molecular weight excluding hydrogens is 371 g/mol. The number of aryl methyl sites for hydroxylation is 1. The summed E-state index contributed by atoms with van der Waals surface area (Å²) < 4.78 is 40.7. The average Bonchev–Trinajstić information content (AvgIpc) is 3.19. The number of aromatic nitrogens is 3. The zero-order chi connectivity index (χ0) is 18.7. The molecule has 138 valence electrons. The maximum Gasteiger partial charge on any atom is 0.416 e. The molecule has 0 bridgehead atoms. The van der Waals surface area contributed by atoms with Crippen molar-refractivity contribution in [3.63, 3.8) is 0 Å². The molecule has 2 heterocycles.